The molecule has 0 saturated heterocycles. The summed E-state index contributed by atoms with van der Waals surface area (Å²) in [5, 5.41) is 13.2. The average Bonchev–Trinajstić information content (AvgIpc) is 2.87. The Morgan fingerprint density at radius 3 is 2.95 bits per heavy atom. The molecular formula is C14H18N2O2S. The Balaban J connectivity index is 2.18. The predicted molar refractivity (Wildman–Crippen MR) is 79.6 cm³/mol. The van der Waals surface area contributed by atoms with Crippen LogP contribution >= 0.6 is 11.8 Å². The Labute approximate surface area is 116 Å². The second kappa shape index (κ2) is 6.12. The van der Waals surface area contributed by atoms with E-state index in [2.05, 4.69) is 10.3 Å². The molecule has 2 aromatic rings. The third kappa shape index (κ3) is 2.93. The van der Waals surface area contributed by atoms with Crippen molar-refractivity contribution in [3.05, 3.63) is 36.0 Å². The fraction of sp³-hybridized carbons (Fsp3) is 0.357. The number of benzene rings is 1. The van der Waals surface area contributed by atoms with Gasteiger partial charge < -0.3 is 15.4 Å². The number of aliphatic hydroxyl groups is 1. The molecule has 0 radical (unpaired) electrons. The average molecular weight is 278 g/mol. The van der Waals surface area contributed by atoms with Crippen molar-refractivity contribution in [3.63, 3.8) is 0 Å². The Kier molecular flexibility index (Phi) is 4.50. The van der Waals surface area contributed by atoms with Crippen LogP contribution in [0.15, 0.2) is 30.5 Å². The third-order valence-electron chi connectivity index (χ3n) is 3.23. The van der Waals surface area contributed by atoms with Crippen LogP contribution in [0.1, 0.15) is 17.3 Å². The molecule has 0 fully saturated rings. The van der Waals surface area contributed by atoms with Crippen molar-refractivity contribution in [2.24, 2.45) is 0 Å². The van der Waals surface area contributed by atoms with Crippen LogP contribution in [0.4, 0.5) is 0 Å². The van der Waals surface area contributed by atoms with Crippen molar-refractivity contribution in [3.8, 4) is 0 Å². The van der Waals surface area contributed by atoms with Gasteiger partial charge >= 0.3 is 0 Å². The van der Waals surface area contributed by atoms with Crippen LogP contribution < -0.4 is 5.32 Å². The highest BCUT2D eigenvalue weighted by molar-refractivity contribution is 7.99. The number of thioether (sulfide) groups is 1. The number of hydrogen-bond acceptors (Lipinski definition) is 3. The fourth-order valence-corrected chi connectivity index (χ4v) is 2.71. The minimum atomic E-state index is -0.118. The van der Waals surface area contributed by atoms with Crippen LogP contribution in [-0.2, 0) is 0 Å². The quantitative estimate of drug-likeness (QED) is 0.784. The summed E-state index contributed by atoms with van der Waals surface area (Å²) in [5.74, 6) is -0.118. The van der Waals surface area contributed by atoms with Gasteiger partial charge in [0, 0.05) is 22.9 Å². The van der Waals surface area contributed by atoms with Gasteiger partial charge in [-0.25, -0.2) is 0 Å². The Bertz CT molecular complexity index is 563. The van der Waals surface area contributed by atoms with Crippen molar-refractivity contribution in [1.82, 2.24) is 10.3 Å². The smallest absolute Gasteiger partial charge is 0.253 e. The molecule has 5 heteroatoms. The summed E-state index contributed by atoms with van der Waals surface area (Å²) in [6, 6.07) is 7.48. The number of nitrogens with one attached hydrogen (secondary N) is 2. The van der Waals surface area contributed by atoms with E-state index in [4.69, 9.17) is 0 Å². The number of carbonyl (C=O) groups is 1. The highest BCUT2D eigenvalue weighted by atomic mass is 32.2. The molecule has 1 amide bonds. The SMILES string of the molecule is CS[C@@H](CO)[C@H](C)NC(=O)c1cccc2cc[nH]c12. The van der Waals surface area contributed by atoms with E-state index in [0.717, 1.165) is 10.9 Å². The molecule has 0 unspecified atom stereocenters. The highest BCUT2D eigenvalue weighted by Gasteiger charge is 2.19. The molecule has 0 aliphatic heterocycles. The predicted octanol–water partition coefficient (Wildman–Crippen LogP) is 2.01. The standard InChI is InChI=1S/C14H18N2O2S/c1-9(12(8-17)19-2)16-14(18)11-5-3-4-10-6-7-15-13(10)11/h3-7,9,12,15,17H,8H2,1-2H3,(H,16,18)/t9-,12-/m0/s1. The molecule has 19 heavy (non-hydrogen) atoms. The molecule has 0 bridgehead atoms. The van der Waals surface area contributed by atoms with Crippen molar-refractivity contribution >= 4 is 28.6 Å². The molecule has 102 valence electrons. The molecule has 0 spiro atoms. The molecule has 0 saturated carbocycles. The van der Waals surface area contributed by atoms with Gasteiger partial charge in [-0.15, -0.1) is 0 Å². The maximum Gasteiger partial charge on any atom is 0.253 e. The lowest BCUT2D eigenvalue weighted by Crippen LogP contribution is -2.41. The molecular weight excluding hydrogens is 260 g/mol. The molecule has 0 aliphatic carbocycles. The van der Waals surface area contributed by atoms with Crippen LogP contribution in [0.25, 0.3) is 10.9 Å². The number of para-hydroxylation sites is 1. The number of amides is 1. The molecule has 2 rings (SSSR count). The van der Waals surface area contributed by atoms with Gasteiger partial charge in [-0.1, -0.05) is 12.1 Å². The lowest BCUT2D eigenvalue weighted by Gasteiger charge is -2.21. The van der Waals surface area contributed by atoms with Crippen LogP contribution in [-0.4, -0.2) is 40.2 Å². The largest absolute Gasteiger partial charge is 0.395 e. The molecule has 3 N–H and O–H groups in total. The molecule has 1 aromatic carbocycles. The van der Waals surface area contributed by atoms with Gasteiger partial charge in [0.05, 0.1) is 17.7 Å². The van der Waals surface area contributed by atoms with E-state index in [1.165, 1.54) is 0 Å². The summed E-state index contributed by atoms with van der Waals surface area (Å²) in [6.45, 7) is 1.96. The zero-order valence-corrected chi connectivity index (χ0v) is 11.8. The van der Waals surface area contributed by atoms with Crippen molar-refractivity contribution in [2.45, 2.75) is 18.2 Å². The zero-order chi connectivity index (χ0) is 13.8. The molecule has 2 atom stereocenters. The summed E-state index contributed by atoms with van der Waals surface area (Å²) in [4.78, 5) is 15.4. The number of H-pyrrole nitrogens is 1. The van der Waals surface area contributed by atoms with Gasteiger partial charge in [-0.05, 0) is 25.3 Å². The lowest BCUT2D eigenvalue weighted by molar-refractivity contribution is 0.0937. The van der Waals surface area contributed by atoms with Crippen LogP contribution in [0.3, 0.4) is 0 Å². The number of aromatic nitrogens is 1. The van der Waals surface area contributed by atoms with E-state index in [-0.39, 0.29) is 23.8 Å². The van der Waals surface area contributed by atoms with Crippen molar-refractivity contribution in [2.75, 3.05) is 12.9 Å². The van der Waals surface area contributed by atoms with E-state index < -0.39 is 0 Å². The first-order valence-electron chi connectivity index (χ1n) is 6.18. The fourth-order valence-electron chi connectivity index (χ4n) is 2.09. The van der Waals surface area contributed by atoms with Gasteiger partial charge in [0.1, 0.15) is 0 Å². The van der Waals surface area contributed by atoms with Crippen molar-refractivity contribution in [1.29, 1.82) is 0 Å². The highest BCUT2D eigenvalue weighted by Crippen LogP contribution is 2.17. The van der Waals surface area contributed by atoms with E-state index in [1.807, 2.05) is 37.6 Å². The molecule has 1 heterocycles. The van der Waals surface area contributed by atoms with E-state index >= 15 is 0 Å². The molecule has 0 aliphatic rings. The van der Waals surface area contributed by atoms with E-state index in [0.29, 0.717) is 5.56 Å². The first kappa shape index (κ1) is 14.0. The first-order chi connectivity index (χ1) is 9.17. The number of aromatic amines is 1. The van der Waals surface area contributed by atoms with Gasteiger partial charge in [0.15, 0.2) is 0 Å². The second-order valence-corrected chi connectivity index (χ2v) is 5.54. The van der Waals surface area contributed by atoms with Crippen LogP contribution in [0, 0.1) is 0 Å². The van der Waals surface area contributed by atoms with Gasteiger partial charge in [-0.3, -0.25) is 4.79 Å². The maximum absolute atomic E-state index is 12.3. The minimum absolute atomic E-state index is 0.00629. The summed E-state index contributed by atoms with van der Waals surface area (Å²) in [6.07, 6.45) is 3.75. The number of hydrogen-bond donors (Lipinski definition) is 3. The maximum atomic E-state index is 12.3. The van der Waals surface area contributed by atoms with Gasteiger partial charge in [0.2, 0.25) is 0 Å². The lowest BCUT2D eigenvalue weighted by atomic mass is 10.1. The first-order valence-corrected chi connectivity index (χ1v) is 7.46. The topological polar surface area (TPSA) is 65.1 Å². The summed E-state index contributed by atoms with van der Waals surface area (Å²) in [5.41, 5.74) is 1.48. The number of carbonyl (C=O) groups excluding carboxylic acids is 1. The van der Waals surface area contributed by atoms with E-state index in [1.54, 1.807) is 17.8 Å². The zero-order valence-electron chi connectivity index (χ0n) is 11.0. The Morgan fingerprint density at radius 2 is 2.26 bits per heavy atom. The normalized spacial score (nSPS) is 14.3. The van der Waals surface area contributed by atoms with Crippen molar-refractivity contribution < 1.29 is 9.90 Å². The summed E-state index contributed by atoms with van der Waals surface area (Å²) < 4.78 is 0. The summed E-state index contributed by atoms with van der Waals surface area (Å²) >= 11 is 1.55. The second-order valence-electron chi connectivity index (χ2n) is 4.47. The van der Waals surface area contributed by atoms with Crippen LogP contribution in [0.2, 0.25) is 0 Å². The third-order valence-corrected chi connectivity index (χ3v) is 4.39. The minimum Gasteiger partial charge on any atom is -0.395 e. The molecule has 1 aromatic heterocycles. The van der Waals surface area contributed by atoms with Crippen LogP contribution in [0.5, 0.6) is 0 Å². The monoisotopic (exact) mass is 278 g/mol. The summed E-state index contributed by atoms with van der Waals surface area (Å²) in [7, 11) is 0. The van der Waals surface area contributed by atoms with Gasteiger partial charge in [0.25, 0.3) is 5.91 Å². The number of fused-ring (bicyclic) bond motifs is 1. The van der Waals surface area contributed by atoms with Gasteiger partial charge in [-0.2, -0.15) is 11.8 Å². The Hall–Kier alpha value is -1.46. The number of rotatable bonds is 5. The number of aliphatic hydroxyl groups excluding tert-OH is 1. The Morgan fingerprint density at radius 1 is 1.47 bits per heavy atom. The van der Waals surface area contributed by atoms with E-state index in [9.17, 15) is 9.90 Å². The molecule has 4 nitrogen and oxygen atoms in total.